The maximum absolute atomic E-state index is 6.21. The molecule has 1 aromatic carbocycles. The van der Waals surface area contributed by atoms with E-state index in [2.05, 4.69) is 31.9 Å². The largest absolute Gasteiger partial charge is 0.373 e. The molecule has 0 spiro atoms. The van der Waals surface area contributed by atoms with E-state index in [4.69, 9.17) is 10.5 Å². The van der Waals surface area contributed by atoms with Crippen LogP contribution in [0.3, 0.4) is 0 Å². The fourth-order valence-corrected chi connectivity index (χ4v) is 3.98. The van der Waals surface area contributed by atoms with E-state index >= 15 is 0 Å². The van der Waals surface area contributed by atoms with E-state index in [0.29, 0.717) is 29.4 Å². The van der Waals surface area contributed by atoms with Gasteiger partial charge in [0.2, 0.25) is 5.95 Å². The number of hydrogen-bond donors (Lipinski definition) is 2. The monoisotopic (exact) mass is 455 g/mol. The highest BCUT2D eigenvalue weighted by Gasteiger charge is 2.32. The smallest absolute Gasteiger partial charge is 0.220 e. The van der Waals surface area contributed by atoms with Gasteiger partial charge in [-0.2, -0.15) is 5.10 Å². The molecular formula is C26H29N7O. The second-order valence-electron chi connectivity index (χ2n) is 8.08. The van der Waals surface area contributed by atoms with E-state index in [1.54, 1.807) is 17.1 Å². The van der Waals surface area contributed by atoms with E-state index in [-0.39, 0.29) is 5.95 Å². The van der Waals surface area contributed by atoms with Crippen LogP contribution in [0.25, 0.3) is 16.7 Å². The third-order valence-corrected chi connectivity index (χ3v) is 5.79. The number of benzene rings is 1. The number of anilines is 2. The summed E-state index contributed by atoms with van der Waals surface area (Å²) in [5.41, 5.74) is 11.0. The van der Waals surface area contributed by atoms with Crippen molar-refractivity contribution in [2.24, 2.45) is 7.05 Å². The summed E-state index contributed by atoms with van der Waals surface area (Å²) >= 11 is 0. The molecule has 0 bridgehead atoms. The van der Waals surface area contributed by atoms with Crippen LogP contribution in [0.5, 0.6) is 0 Å². The minimum Gasteiger partial charge on any atom is -0.373 e. The molecule has 0 aliphatic rings. The van der Waals surface area contributed by atoms with Gasteiger partial charge in [0.25, 0.3) is 0 Å². The maximum Gasteiger partial charge on any atom is 0.220 e. The molecule has 4 aromatic rings. The molecule has 0 amide bonds. The lowest BCUT2D eigenvalue weighted by molar-refractivity contribution is 0.000798. The molecule has 1 atom stereocenters. The molecular weight excluding hydrogens is 426 g/mol. The lowest BCUT2D eigenvalue weighted by Crippen LogP contribution is -2.29. The fourth-order valence-electron chi connectivity index (χ4n) is 3.98. The molecule has 0 radical (unpaired) electrons. The number of hydrogen-bond acceptors (Lipinski definition) is 7. The lowest BCUT2D eigenvalue weighted by atomic mass is 9.90. The zero-order valence-electron chi connectivity index (χ0n) is 19.9. The highest BCUT2D eigenvalue weighted by atomic mass is 16.5. The second kappa shape index (κ2) is 9.44. The molecule has 0 aliphatic heterocycles. The first-order valence-corrected chi connectivity index (χ1v) is 11.1. The maximum atomic E-state index is 6.21. The van der Waals surface area contributed by atoms with Crippen molar-refractivity contribution in [2.75, 3.05) is 24.7 Å². The molecule has 3 heterocycles. The first-order valence-electron chi connectivity index (χ1n) is 11.1. The number of aromatic nitrogens is 5. The Kier molecular flexibility index (Phi) is 6.43. The van der Waals surface area contributed by atoms with Crippen molar-refractivity contribution in [3.63, 3.8) is 0 Å². The molecule has 0 saturated heterocycles. The second-order valence-corrected chi connectivity index (χ2v) is 8.08. The van der Waals surface area contributed by atoms with Crippen LogP contribution in [0.1, 0.15) is 36.4 Å². The summed E-state index contributed by atoms with van der Waals surface area (Å²) in [6.07, 6.45) is 5.55. The van der Waals surface area contributed by atoms with Crippen LogP contribution >= 0.6 is 0 Å². The van der Waals surface area contributed by atoms with Gasteiger partial charge in [-0.25, -0.2) is 15.0 Å². The van der Waals surface area contributed by atoms with Gasteiger partial charge < -0.3 is 15.8 Å². The standard InChI is InChI=1S/C26H29N7O/c1-6-34-26(3,20-10-8-7-9-11-20)23-13-22(31-25(27)32-23)17(2)21-12-18(14-29-24(21)28-4)19-15-30-33(5)16-19/h7-16H,2,6H2,1,3-5H3,(H,28,29)(H2,27,31,32). The van der Waals surface area contributed by atoms with Gasteiger partial charge in [0.15, 0.2) is 0 Å². The molecule has 1 unspecified atom stereocenters. The number of nitrogens with zero attached hydrogens (tertiary/aromatic N) is 5. The molecule has 4 rings (SSSR count). The van der Waals surface area contributed by atoms with Crippen LogP contribution in [0.4, 0.5) is 11.8 Å². The highest BCUT2D eigenvalue weighted by Crippen LogP contribution is 2.35. The molecule has 3 N–H and O–H groups in total. The Bertz CT molecular complexity index is 1320. The Morgan fingerprint density at radius 1 is 1.15 bits per heavy atom. The summed E-state index contributed by atoms with van der Waals surface area (Å²) in [4.78, 5) is 13.6. The van der Waals surface area contributed by atoms with Gasteiger partial charge in [-0.1, -0.05) is 36.9 Å². The average Bonchev–Trinajstić information content (AvgIpc) is 3.29. The van der Waals surface area contributed by atoms with E-state index in [1.807, 2.05) is 76.6 Å². The van der Waals surface area contributed by atoms with Gasteiger partial charge in [-0.05, 0) is 31.5 Å². The molecule has 0 fully saturated rings. The molecule has 8 heteroatoms. The number of aryl methyl sites for hydroxylation is 1. The van der Waals surface area contributed by atoms with Crippen LogP contribution in [0, 0.1) is 0 Å². The summed E-state index contributed by atoms with van der Waals surface area (Å²) in [5, 5.41) is 7.41. The van der Waals surface area contributed by atoms with Crippen LogP contribution in [0.15, 0.2) is 67.6 Å². The topological polar surface area (TPSA) is 104 Å². The number of nitrogen functional groups attached to an aromatic ring is 1. The molecule has 174 valence electrons. The van der Waals surface area contributed by atoms with Crippen molar-refractivity contribution in [2.45, 2.75) is 19.4 Å². The van der Waals surface area contributed by atoms with Crippen molar-refractivity contribution in [3.8, 4) is 11.1 Å². The number of pyridine rings is 1. The SMILES string of the molecule is C=C(c1cc(C(C)(OCC)c2ccccc2)nc(N)n1)c1cc(-c2cnn(C)c2)cnc1NC. The number of rotatable bonds is 8. The van der Waals surface area contributed by atoms with Crippen molar-refractivity contribution >= 4 is 17.3 Å². The Balaban J connectivity index is 1.81. The average molecular weight is 456 g/mol. The Labute approximate surface area is 199 Å². The zero-order valence-corrected chi connectivity index (χ0v) is 19.9. The predicted molar refractivity (Wildman–Crippen MR) is 135 cm³/mol. The third-order valence-electron chi connectivity index (χ3n) is 5.79. The number of nitrogens with one attached hydrogen (secondary N) is 1. The third kappa shape index (κ3) is 4.40. The van der Waals surface area contributed by atoms with Crippen molar-refractivity contribution < 1.29 is 4.74 Å². The fraction of sp³-hybridized carbons (Fsp3) is 0.231. The van der Waals surface area contributed by atoms with Crippen LogP contribution in [-0.4, -0.2) is 38.4 Å². The van der Waals surface area contributed by atoms with Gasteiger partial charge in [0.05, 0.1) is 17.6 Å². The van der Waals surface area contributed by atoms with Gasteiger partial charge in [0, 0.05) is 55.4 Å². The molecule has 0 aliphatic carbocycles. The Morgan fingerprint density at radius 2 is 1.91 bits per heavy atom. The summed E-state index contributed by atoms with van der Waals surface area (Å²) < 4.78 is 7.97. The van der Waals surface area contributed by atoms with Gasteiger partial charge in [-0.15, -0.1) is 0 Å². The Morgan fingerprint density at radius 3 is 2.56 bits per heavy atom. The highest BCUT2D eigenvalue weighted by molar-refractivity contribution is 5.84. The van der Waals surface area contributed by atoms with E-state index in [9.17, 15) is 0 Å². The minimum absolute atomic E-state index is 0.151. The minimum atomic E-state index is -0.802. The first-order chi connectivity index (χ1) is 16.4. The lowest BCUT2D eigenvalue weighted by Gasteiger charge is -2.30. The molecule has 3 aromatic heterocycles. The van der Waals surface area contributed by atoms with Gasteiger partial charge >= 0.3 is 0 Å². The van der Waals surface area contributed by atoms with Crippen molar-refractivity contribution in [1.29, 1.82) is 0 Å². The van der Waals surface area contributed by atoms with E-state index < -0.39 is 5.60 Å². The molecule has 0 saturated carbocycles. The van der Waals surface area contributed by atoms with Gasteiger partial charge in [-0.3, -0.25) is 4.68 Å². The number of ether oxygens (including phenoxy) is 1. The molecule has 34 heavy (non-hydrogen) atoms. The zero-order chi connectivity index (χ0) is 24.3. The first kappa shape index (κ1) is 23.1. The van der Waals surface area contributed by atoms with Crippen LogP contribution in [0.2, 0.25) is 0 Å². The van der Waals surface area contributed by atoms with Gasteiger partial charge in [0.1, 0.15) is 11.4 Å². The molecule has 8 nitrogen and oxygen atoms in total. The summed E-state index contributed by atoms with van der Waals surface area (Å²) in [6.45, 7) is 8.79. The summed E-state index contributed by atoms with van der Waals surface area (Å²) in [7, 11) is 3.70. The van der Waals surface area contributed by atoms with Crippen molar-refractivity contribution in [3.05, 3.63) is 90.1 Å². The van der Waals surface area contributed by atoms with Crippen LogP contribution < -0.4 is 11.1 Å². The van der Waals surface area contributed by atoms with Crippen LogP contribution in [-0.2, 0) is 17.4 Å². The predicted octanol–water partition coefficient (Wildman–Crippen LogP) is 4.26. The Hall–Kier alpha value is -4.04. The normalized spacial score (nSPS) is 12.8. The van der Waals surface area contributed by atoms with E-state index in [0.717, 1.165) is 22.3 Å². The van der Waals surface area contributed by atoms with E-state index in [1.165, 1.54) is 0 Å². The quantitative estimate of drug-likeness (QED) is 0.409. The summed E-state index contributed by atoms with van der Waals surface area (Å²) in [5.74, 6) is 0.838. The summed E-state index contributed by atoms with van der Waals surface area (Å²) in [6, 6.07) is 13.9. The van der Waals surface area contributed by atoms with Crippen molar-refractivity contribution in [1.82, 2.24) is 24.7 Å². The number of nitrogens with two attached hydrogens (primary N) is 1.